The van der Waals surface area contributed by atoms with Gasteiger partial charge in [0, 0.05) is 23.8 Å². The number of amides is 1. The summed E-state index contributed by atoms with van der Waals surface area (Å²) in [6, 6.07) is 6.51. The van der Waals surface area contributed by atoms with Crippen LogP contribution in [-0.2, 0) is 0 Å². The second kappa shape index (κ2) is 10.9. The van der Waals surface area contributed by atoms with Crippen molar-refractivity contribution < 1.29 is 18.4 Å². The molecule has 2 heterocycles. The van der Waals surface area contributed by atoms with E-state index in [1.807, 2.05) is 13.8 Å². The summed E-state index contributed by atoms with van der Waals surface area (Å²) in [5.41, 5.74) is 12.2. The van der Waals surface area contributed by atoms with Crippen LogP contribution in [0.2, 0.25) is 0 Å². The molecule has 2 aromatic heterocycles. The normalized spacial score (nSPS) is 12.6. The molecule has 2 atom stereocenters. The van der Waals surface area contributed by atoms with Gasteiger partial charge in [-0.05, 0) is 43.7 Å². The van der Waals surface area contributed by atoms with Gasteiger partial charge in [0.1, 0.15) is 17.3 Å². The first-order chi connectivity index (χ1) is 16.2. The third-order valence-electron chi connectivity index (χ3n) is 5.35. The first-order valence-electron chi connectivity index (χ1n) is 10.8. The van der Waals surface area contributed by atoms with Crippen molar-refractivity contribution >= 4 is 23.0 Å². The van der Waals surface area contributed by atoms with Crippen molar-refractivity contribution in [3.8, 4) is 17.0 Å². The van der Waals surface area contributed by atoms with E-state index in [0.29, 0.717) is 16.6 Å². The molecule has 0 spiro atoms. The summed E-state index contributed by atoms with van der Waals surface area (Å²) in [5, 5.41) is 3.59. The first-order valence-corrected chi connectivity index (χ1v) is 10.8. The van der Waals surface area contributed by atoms with E-state index in [4.69, 9.17) is 16.2 Å². The zero-order valence-electron chi connectivity index (χ0n) is 19.3. The summed E-state index contributed by atoms with van der Waals surface area (Å²) in [6.45, 7) is 3.88. The molecule has 0 aliphatic carbocycles. The van der Waals surface area contributed by atoms with Gasteiger partial charge in [0.05, 0.1) is 42.1 Å². The highest BCUT2D eigenvalue weighted by Gasteiger charge is 2.21. The van der Waals surface area contributed by atoms with Gasteiger partial charge in [0.2, 0.25) is 5.91 Å². The number of nitrogens with zero attached hydrogens (tertiary/aromatic N) is 3. The molecule has 0 fully saturated rings. The number of halogens is 2. The highest BCUT2D eigenvalue weighted by Crippen LogP contribution is 2.37. The van der Waals surface area contributed by atoms with Crippen molar-refractivity contribution in [2.45, 2.75) is 38.8 Å². The smallest absolute Gasteiger partial charge is 0.250 e. The van der Waals surface area contributed by atoms with Crippen LogP contribution in [0.25, 0.3) is 11.3 Å². The van der Waals surface area contributed by atoms with Crippen LogP contribution in [0.1, 0.15) is 37.0 Å². The van der Waals surface area contributed by atoms with Crippen molar-refractivity contribution in [2.75, 3.05) is 17.5 Å². The number of nitrogens with two attached hydrogens (primary N) is 2. The van der Waals surface area contributed by atoms with Gasteiger partial charge in [-0.15, -0.1) is 0 Å². The maximum Gasteiger partial charge on any atom is 0.250 e. The number of hydrogen-bond donors (Lipinski definition) is 3. The number of ether oxygens (including phenoxy) is 1. The van der Waals surface area contributed by atoms with Crippen LogP contribution in [0.15, 0.2) is 48.9 Å². The van der Waals surface area contributed by atoms with Gasteiger partial charge in [-0.25, -0.2) is 4.39 Å². The van der Waals surface area contributed by atoms with Crippen LogP contribution < -0.4 is 26.6 Å². The minimum Gasteiger partial charge on any atom is -0.497 e. The van der Waals surface area contributed by atoms with Crippen LogP contribution in [0, 0.1) is 5.82 Å². The fraction of sp³-hybridized carbons (Fsp3) is 0.292. The molecule has 0 saturated heterocycles. The predicted octanol–water partition coefficient (Wildman–Crippen LogP) is 4.34. The Morgan fingerprint density at radius 2 is 2.00 bits per heavy atom. The number of hydrogen-bond acceptors (Lipinski definition) is 7. The van der Waals surface area contributed by atoms with Crippen molar-refractivity contribution in [2.24, 2.45) is 11.5 Å². The summed E-state index contributed by atoms with van der Waals surface area (Å²) in [7, 11) is 1.47. The van der Waals surface area contributed by atoms with E-state index in [9.17, 15) is 9.18 Å². The van der Waals surface area contributed by atoms with Gasteiger partial charge in [-0.2, -0.15) is 5.12 Å². The topological polar surface area (TPSA) is 119 Å². The van der Waals surface area contributed by atoms with Crippen LogP contribution in [-0.4, -0.2) is 35.1 Å². The molecule has 3 aromatic rings. The number of benzene rings is 1. The molecule has 1 amide bonds. The molecule has 1 aromatic carbocycles. The van der Waals surface area contributed by atoms with Gasteiger partial charge < -0.3 is 21.5 Å². The number of carbonyl (C=O) groups is 1. The lowest BCUT2D eigenvalue weighted by atomic mass is 10.0. The molecule has 34 heavy (non-hydrogen) atoms. The van der Waals surface area contributed by atoms with Gasteiger partial charge in [0.25, 0.3) is 0 Å². The van der Waals surface area contributed by atoms with E-state index in [0.717, 1.165) is 12.8 Å². The van der Waals surface area contributed by atoms with Crippen LogP contribution >= 0.6 is 0 Å². The van der Waals surface area contributed by atoms with Crippen molar-refractivity contribution in [1.82, 2.24) is 9.97 Å². The standard InChI is InChI=1S/C24H28F2N6O2/c1-4-5-20(14(2)27)31-22-13-30-21(18-9-17(34-3)6-7-19(18)25)10-23(22)32(26)16-8-15(24(28)33)11-29-12-16/h6-14,20,31H,4-5,27H2,1-3H3,(H2,28,33)/t14-,20+/m0/s1. The molecule has 0 aliphatic heterocycles. The third kappa shape index (κ3) is 5.57. The summed E-state index contributed by atoms with van der Waals surface area (Å²) in [4.78, 5) is 19.8. The van der Waals surface area contributed by atoms with Crippen LogP contribution in [0.3, 0.4) is 0 Å². The lowest BCUT2D eigenvalue weighted by molar-refractivity contribution is 0.1000. The fourth-order valence-corrected chi connectivity index (χ4v) is 3.48. The van der Waals surface area contributed by atoms with Crippen molar-refractivity contribution in [3.63, 3.8) is 0 Å². The van der Waals surface area contributed by atoms with E-state index < -0.39 is 11.7 Å². The Kier molecular flexibility index (Phi) is 7.95. The number of pyridine rings is 2. The van der Waals surface area contributed by atoms with Crippen LogP contribution in [0.5, 0.6) is 5.75 Å². The number of rotatable bonds is 10. The minimum absolute atomic E-state index is 0.0320. The predicted molar refractivity (Wildman–Crippen MR) is 128 cm³/mol. The average molecular weight is 471 g/mol. The second-order valence-electron chi connectivity index (χ2n) is 7.91. The number of anilines is 3. The molecule has 0 unspecified atom stereocenters. The molecule has 0 radical (unpaired) electrons. The van der Waals surface area contributed by atoms with Crippen molar-refractivity contribution in [3.05, 3.63) is 60.3 Å². The zero-order valence-corrected chi connectivity index (χ0v) is 19.3. The molecule has 5 N–H and O–H groups in total. The summed E-state index contributed by atoms with van der Waals surface area (Å²) < 4.78 is 35.6. The molecule has 0 bridgehead atoms. The van der Waals surface area contributed by atoms with E-state index in [1.54, 1.807) is 0 Å². The summed E-state index contributed by atoms with van der Waals surface area (Å²) in [6.07, 6.45) is 5.52. The molecule has 3 rings (SSSR count). The van der Waals surface area contributed by atoms with Gasteiger partial charge in [0.15, 0.2) is 0 Å². The summed E-state index contributed by atoms with van der Waals surface area (Å²) in [5.74, 6) is -0.852. The molecule has 8 nitrogen and oxygen atoms in total. The Labute approximate surface area is 196 Å². The van der Waals surface area contributed by atoms with Gasteiger partial charge in [-0.1, -0.05) is 17.8 Å². The van der Waals surface area contributed by atoms with E-state index >= 15 is 4.48 Å². The van der Waals surface area contributed by atoms with E-state index in [2.05, 4.69) is 15.3 Å². The van der Waals surface area contributed by atoms with Crippen molar-refractivity contribution in [1.29, 1.82) is 0 Å². The summed E-state index contributed by atoms with van der Waals surface area (Å²) >= 11 is 0. The van der Waals surface area contributed by atoms with E-state index in [1.165, 1.54) is 56.0 Å². The maximum absolute atomic E-state index is 15.8. The highest BCUT2D eigenvalue weighted by atomic mass is 19.2. The Balaban J connectivity index is 2.13. The lowest BCUT2D eigenvalue weighted by Gasteiger charge is -2.26. The largest absolute Gasteiger partial charge is 0.497 e. The molecule has 0 aliphatic rings. The number of carbonyl (C=O) groups excluding carboxylic acids is 1. The molecular formula is C24H28F2N6O2. The first kappa shape index (κ1) is 24.8. The number of aromatic nitrogens is 2. The maximum atomic E-state index is 15.8. The minimum atomic E-state index is -0.741. The zero-order chi connectivity index (χ0) is 24.8. The quantitative estimate of drug-likeness (QED) is 0.377. The Morgan fingerprint density at radius 3 is 2.65 bits per heavy atom. The average Bonchev–Trinajstić information content (AvgIpc) is 2.83. The fourth-order valence-electron chi connectivity index (χ4n) is 3.48. The number of nitrogens with one attached hydrogen (secondary N) is 1. The molecule has 0 saturated carbocycles. The van der Waals surface area contributed by atoms with Gasteiger partial charge in [-0.3, -0.25) is 14.8 Å². The highest BCUT2D eigenvalue weighted by molar-refractivity contribution is 5.93. The van der Waals surface area contributed by atoms with E-state index in [-0.39, 0.29) is 40.3 Å². The third-order valence-corrected chi connectivity index (χ3v) is 5.35. The Hall–Kier alpha value is -3.79. The monoisotopic (exact) mass is 470 g/mol. The number of methoxy groups -OCH3 is 1. The molecular weight excluding hydrogens is 442 g/mol. The van der Waals surface area contributed by atoms with Gasteiger partial charge >= 0.3 is 0 Å². The second-order valence-corrected chi connectivity index (χ2v) is 7.91. The van der Waals surface area contributed by atoms with Crippen LogP contribution in [0.4, 0.5) is 25.9 Å². The molecule has 180 valence electrons. The number of primary amides is 1. The lowest BCUT2D eigenvalue weighted by Crippen LogP contribution is -2.38. The Morgan fingerprint density at radius 1 is 1.24 bits per heavy atom. The Bertz CT molecular complexity index is 1160. The SMILES string of the molecule is CCC[C@@H](Nc1cnc(-c2cc(OC)ccc2F)cc1N(F)c1cncc(C(N)=O)c1)[C@H](C)N. The molecule has 10 heteroatoms.